The number of rotatable bonds is 4. The summed E-state index contributed by atoms with van der Waals surface area (Å²) in [7, 11) is 0. The van der Waals surface area contributed by atoms with E-state index in [0.29, 0.717) is 11.5 Å². The molecule has 3 rings (SSSR count). The third-order valence-corrected chi connectivity index (χ3v) is 3.88. The number of carbonyl (C=O) groups is 1. The number of aromatic nitrogens is 2. The van der Waals surface area contributed by atoms with Gasteiger partial charge in [0.25, 0.3) is 0 Å². The van der Waals surface area contributed by atoms with Gasteiger partial charge in [-0.3, -0.25) is 4.79 Å². The Hall–Kier alpha value is -3.21. The van der Waals surface area contributed by atoms with Crippen LogP contribution in [0, 0.1) is 20.8 Å². The predicted octanol–water partition coefficient (Wildman–Crippen LogP) is 4.31. The van der Waals surface area contributed by atoms with Gasteiger partial charge >= 0.3 is 0 Å². The Morgan fingerprint density at radius 2 is 1.72 bits per heavy atom. The molecule has 0 fully saturated rings. The summed E-state index contributed by atoms with van der Waals surface area (Å²) >= 11 is 0. The van der Waals surface area contributed by atoms with Crippen LogP contribution in [0.4, 0.5) is 5.82 Å². The van der Waals surface area contributed by atoms with E-state index in [4.69, 9.17) is 4.63 Å². The number of aryl methyl sites for hydroxylation is 3. The van der Waals surface area contributed by atoms with Gasteiger partial charge in [0.1, 0.15) is 0 Å². The lowest BCUT2D eigenvalue weighted by atomic mass is 10.0. The molecular weight excluding hydrogens is 314 g/mol. The van der Waals surface area contributed by atoms with Gasteiger partial charge in [-0.1, -0.05) is 47.5 Å². The molecule has 25 heavy (non-hydrogen) atoms. The maximum absolute atomic E-state index is 12.2. The Balaban J connectivity index is 1.78. The molecule has 0 atom stereocenters. The minimum absolute atomic E-state index is 0.289. The molecule has 2 aromatic carbocycles. The third kappa shape index (κ3) is 4.01. The lowest BCUT2D eigenvalue weighted by Crippen LogP contribution is -2.09. The summed E-state index contributed by atoms with van der Waals surface area (Å²) in [6, 6.07) is 13.9. The quantitative estimate of drug-likeness (QED) is 0.722. The second-order valence-corrected chi connectivity index (χ2v) is 6.01. The van der Waals surface area contributed by atoms with E-state index in [1.54, 1.807) is 6.08 Å². The zero-order valence-electron chi connectivity index (χ0n) is 14.4. The average Bonchev–Trinajstić information content (AvgIpc) is 3.04. The molecule has 0 aliphatic heterocycles. The summed E-state index contributed by atoms with van der Waals surface area (Å²) in [6.45, 7) is 6.00. The number of carbonyl (C=O) groups excluding carboxylic acids is 1. The van der Waals surface area contributed by atoms with Crippen molar-refractivity contribution >= 4 is 17.8 Å². The van der Waals surface area contributed by atoms with Crippen LogP contribution in [0.3, 0.4) is 0 Å². The van der Waals surface area contributed by atoms with Crippen molar-refractivity contribution in [1.82, 2.24) is 10.3 Å². The molecule has 0 aliphatic carbocycles. The highest BCUT2D eigenvalue weighted by atomic mass is 16.6. The first kappa shape index (κ1) is 16.6. The second-order valence-electron chi connectivity index (χ2n) is 6.01. The minimum Gasteiger partial charge on any atom is -0.302 e. The van der Waals surface area contributed by atoms with Crippen molar-refractivity contribution in [2.24, 2.45) is 0 Å². The highest BCUT2D eigenvalue weighted by Crippen LogP contribution is 2.28. The maximum atomic E-state index is 12.2. The molecule has 0 saturated carbocycles. The summed E-state index contributed by atoms with van der Waals surface area (Å²) in [5, 5.41) is 10.5. The number of nitrogens with zero attached hydrogens (tertiary/aromatic N) is 2. The lowest BCUT2D eigenvalue weighted by Gasteiger charge is -2.05. The first-order chi connectivity index (χ1) is 12.0. The highest BCUT2D eigenvalue weighted by Gasteiger charge is 2.16. The smallest absolute Gasteiger partial charge is 0.249 e. The fraction of sp³-hybridized carbons (Fsp3) is 0.150. The van der Waals surface area contributed by atoms with Crippen LogP contribution in [0.15, 0.2) is 53.2 Å². The zero-order chi connectivity index (χ0) is 17.8. The molecular formula is C20H19N3O2. The largest absolute Gasteiger partial charge is 0.302 e. The Labute approximate surface area is 146 Å². The van der Waals surface area contributed by atoms with Crippen LogP contribution in [-0.2, 0) is 4.79 Å². The summed E-state index contributed by atoms with van der Waals surface area (Å²) in [5.74, 6) is 0.0232. The molecule has 1 amide bonds. The Kier molecular flexibility index (Phi) is 4.75. The van der Waals surface area contributed by atoms with Crippen molar-refractivity contribution in [3.8, 4) is 11.3 Å². The second kappa shape index (κ2) is 7.13. The molecule has 0 saturated heterocycles. The van der Waals surface area contributed by atoms with E-state index in [9.17, 15) is 4.79 Å². The van der Waals surface area contributed by atoms with Gasteiger partial charge < -0.3 is 5.32 Å². The van der Waals surface area contributed by atoms with Gasteiger partial charge in [0.2, 0.25) is 11.7 Å². The Morgan fingerprint density at radius 1 is 1.00 bits per heavy atom. The Bertz CT molecular complexity index is 924. The van der Waals surface area contributed by atoms with Crippen LogP contribution >= 0.6 is 0 Å². The summed E-state index contributed by atoms with van der Waals surface area (Å²) in [4.78, 5) is 12.2. The maximum Gasteiger partial charge on any atom is 0.249 e. The highest BCUT2D eigenvalue weighted by molar-refractivity contribution is 6.03. The number of nitrogens with one attached hydrogen (secondary N) is 1. The lowest BCUT2D eigenvalue weighted by molar-refractivity contribution is -0.111. The molecule has 1 N–H and O–H groups in total. The number of anilines is 1. The molecule has 0 aliphatic rings. The molecule has 0 unspecified atom stereocenters. The van der Waals surface area contributed by atoms with Gasteiger partial charge in [-0.2, -0.15) is 0 Å². The fourth-order valence-corrected chi connectivity index (χ4v) is 2.45. The van der Waals surface area contributed by atoms with Gasteiger partial charge in [-0.25, -0.2) is 4.63 Å². The molecule has 5 heteroatoms. The van der Waals surface area contributed by atoms with Crippen molar-refractivity contribution in [1.29, 1.82) is 0 Å². The average molecular weight is 333 g/mol. The monoisotopic (exact) mass is 333 g/mol. The molecule has 126 valence electrons. The van der Waals surface area contributed by atoms with Crippen molar-refractivity contribution in [3.63, 3.8) is 0 Å². The van der Waals surface area contributed by atoms with Crippen LogP contribution in [0.1, 0.15) is 22.3 Å². The predicted molar refractivity (Wildman–Crippen MR) is 98.1 cm³/mol. The van der Waals surface area contributed by atoms with E-state index in [0.717, 1.165) is 22.3 Å². The number of hydrogen-bond acceptors (Lipinski definition) is 4. The van der Waals surface area contributed by atoms with E-state index in [2.05, 4.69) is 15.6 Å². The third-order valence-electron chi connectivity index (χ3n) is 3.88. The van der Waals surface area contributed by atoms with Gasteiger partial charge in [0, 0.05) is 11.6 Å². The van der Waals surface area contributed by atoms with Crippen molar-refractivity contribution in [2.75, 3.05) is 5.32 Å². The molecule has 0 radical (unpaired) electrons. The molecule has 3 aromatic rings. The first-order valence-corrected chi connectivity index (χ1v) is 7.99. The van der Waals surface area contributed by atoms with Gasteiger partial charge in [-0.05, 0) is 54.4 Å². The van der Waals surface area contributed by atoms with Crippen molar-refractivity contribution in [2.45, 2.75) is 20.8 Å². The van der Waals surface area contributed by atoms with Crippen LogP contribution in [-0.4, -0.2) is 16.2 Å². The van der Waals surface area contributed by atoms with Crippen LogP contribution in [0.25, 0.3) is 17.3 Å². The van der Waals surface area contributed by atoms with Gasteiger partial charge in [-0.15, -0.1) is 0 Å². The summed E-state index contributed by atoms with van der Waals surface area (Å²) in [5.41, 5.74) is 5.67. The van der Waals surface area contributed by atoms with Crippen LogP contribution in [0.2, 0.25) is 0 Å². The molecule has 0 bridgehead atoms. The van der Waals surface area contributed by atoms with Crippen molar-refractivity contribution in [3.05, 3.63) is 70.8 Å². The van der Waals surface area contributed by atoms with Gasteiger partial charge in [0.15, 0.2) is 5.69 Å². The fourth-order valence-electron chi connectivity index (χ4n) is 2.45. The minimum atomic E-state index is -0.289. The van der Waals surface area contributed by atoms with Gasteiger partial charge in [0.05, 0.1) is 0 Å². The molecule has 0 spiro atoms. The normalized spacial score (nSPS) is 11.0. The van der Waals surface area contributed by atoms with E-state index in [1.165, 1.54) is 11.6 Å². The standard InChI is InChI=1S/C20H19N3O2/c1-13-5-8-16(9-6-13)10-11-18(24)21-20-19(22-25-23-20)17-12-14(2)4-7-15(17)3/h4-12H,1-3H3,(H,21,23,24)/b11-10+. The van der Waals surface area contributed by atoms with E-state index in [1.807, 2.05) is 63.2 Å². The number of benzene rings is 2. The topological polar surface area (TPSA) is 68.0 Å². The van der Waals surface area contributed by atoms with E-state index < -0.39 is 0 Å². The zero-order valence-corrected chi connectivity index (χ0v) is 14.4. The van der Waals surface area contributed by atoms with E-state index in [-0.39, 0.29) is 5.91 Å². The SMILES string of the molecule is Cc1ccc(/C=C/C(=O)Nc2nonc2-c2cc(C)ccc2C)cc1. The summed E-state index contributed by atoms with van der Waals surface area (Å²) < 4.78 is 4.83. The first-order valence-electron chi connectivity index (χ1n) is 7.99. The van der Waals surface area contributed by atoms with Crippen LogP contribution in [0.5, 0.6) is 0 Å². The molecule has 5 nitrogen and oxygen atoms in total. The number of hydrogen-bond donors (Lipinski definition) is 1. The number of amides is 1. The molecule has 1 aromatic heterocycles. The van der Waals surface area contributed by atoms with E-state index >= 15 is 0 Å². The Morgan fingerprint density at radius 3 is 2.48 bits per heavy atom. The van der Waals surface area contributed by atoms with Crippen molar-refractivity contribution < 1.29 is 9.42 Å². The molecule has 1 heterocycles. The summed E-state index contributed by atoms with van der Waals surface area (Å²) in [6.07, 6.45) is 3.21. The van der Waals surface area contributed by atoms with Crippen LogP contribution < -0.4 is 5.32 Å².